The van der Waals surface area contributed by atoms with E-state index >= 15 is 0 Å². The molecule has 0 unspecified atom stereocenters. The smallest absolute Gasteiger partial charge is 0.273 e. The van der Waals surface area contributed by atoms with Gasteiger partial charge in [0, 0.05) is 57.3 Å². The number of benzene rings is 3. The van der Waals surface area contributed by atoms with Crippen molar-refractivity contribution >= 4 is 52.7 Å². The number of aryl methyl sites for hydroxylation is 2. The molecular weight excluding hydrogens is 1070 g/mol. The normalized spacial score (nSPS) is 17.8. The molecule has 3 aliphatic rings. The van der Waals surface area contributed by atoms with Crippen LogP contribution in [0.15, 0.2) is 76.8 Å². The Morgan fingerprint density at radius 1 is 0.854 bits per heavy atom. The van der Waals surface area contributed by atoms with Crippen LogP contribution in [-0.2, 0) is 25.6 Å². The number of alkyl halides is 1. The predicted octanol–water partition coefficient (Wildman–Crippen LogP) is 7.81. The van der Waals surface area contributed by atoms with Gasteiger partial charge in [-0.25, -0.2) is 9.37 Å². The number of aliphatic hydroxyl groups excluding tert-OH is 1. The van der Waals surface area contributed by atoms with Crippen LogP contribution in [0.3, 0.4) is 0 Å². The minimum atomic E-state index is -2.01. The van der Waals surface area contributed by atoms with Gasteiger partial charge >= 0.3 is 0 Å². The van der Waals surface area contributed by atoms with Gasteiger partial charge in [0.2, 0.25) is 17.7 Å². The van der Waals surface area contributed by atoms with Crippen molar-refractivity contribution in [1.82, 2.24) is 46.5 Å². The fourth-order valence-electron chi connectivity index (χ4n) is 10.5. The molecule has 0 spiro atoms. The lowest BCUT2D eigenvalue weighted by Crippen LogP contribution is -2.59. The number of phenols is 1. The lowest BCUT2D eigenvalue weighted by Gasteiger charge is -2.36. The Hall–Kier alpha value is -7.52. The van der Waals surface area contributed by atoms with E-state index < -0.39 is 58.9 Å². The SMILES string of the molecule is Cc1ncsc1-c1ccc([C@H](CC(=O)NCCCCCCCCCCNC(=O)c2ccc3c(c2)[C@H](NC(=O)c2cc(-c4ccc(C(=O)N(C)C)c(O)c4)on2)CC3)NC(=O)[C@@H]2C[C@@H](O)CN2C(=O)[C@@H](NC(=O)C2(F)CC2)C(C)(C)C)cc1. The molecule has 21 heteroatoms. The number of nitrogens with one attached hydrogen (secondary N) is 5. The van der Waals surface area contributed by atoms with Gasteiger partial charge < -0.3 is 51.1 Å². The van der Waals surface area contributed by atoms with E-state index in [0.29, 0.717) is 36.2 Å². The van der Waals surface area contributed by atoms with Crippen LogP contribution >= 0.6 is 11.3 Å². The van der Waals surface area contributed by atoms with Crippen molar-refractivity contribution in [2.75, 3.05) is 33.7 Å². The van der Waals surface area contributed by atoms with E-state index in [1.54, 1.807) is 46.4 Å². The summed E-state index contributed by atoms with van der Waals surface area (Å²) in [5.41, 5.74) is 4.52. The van der Waals surface area contributed by atoms with Crippen molar-refractivity contribution in [1.29, 1.82) is 0 Å². The Labute approximate surface area is 481 Å². The number of carbonyl (C=O) groups excluding carboxylic acids is 7. The number of nitrogens with zero attached hydrogens (tertiary/aromatic N) is 4. The standard InChI is InChI=1S/C61H76FN9O10S/c1-36-52(82-35-65-36)39-18-16-38(17-19-39)46(67-56(77)48-31-42(72)34-71(48)58(79)53(60(2,3)4)68-59(80)61(62)25-26-61)33-51(74)63-27-13-11-9-7-8-10-12-14-28-64-54(75)41-20-15-37-22-24-45(44(37)29-41)66-55(76)47-32-50(81-69-47)40-21-23-43(49(73)30-40)57(78)70(5)6/h15-21,23,29-30,32,35,42,45-46,48,53,72-73H,7-14,22,24-28,31,33-34H2,1-6H3,(H,63,74)(H,64,75)(H,66,76)(H,67,77)(H,68,80)/t42-,45-,46+,48+,53-/m1/s1. The molecule has 2 aliphatic carbocycles. The van der Waals surface area contributed by atoms with Gasteiger partial charge in [0.15, 0.2) is 17.1 Å². The number of rotatable bonds is 25. The van der Waals surface area contributed by atoms with Gasteiger partial charge in [-0.2, -0.15) is 0 Å². The van der Waals surface area contributed by atoms with E-state index in [1.165, 1.54) is 39.3 Å². The lowest BCUT2D eigenvalue weighted by molar-refractivity contribution is -0.145. The molecule has 19 nitrogen and oxygen atoms in total. The average molecular weight is 1150 g/mol. The van der Waals surface area contributed by atoms with Crippen molar-refractivity contribution in [3.63, 3.8) is 0 Å². The minimum Gasteiger partial charge on any atom is -0.507 e. The Bertz CT molecular complexity index is 3130. The highest BCUT2D eigenvalue weighted by molar-refractivity contribution is 7.13. The quantitative estimate of drug-likeness (QED) is 0.0276. The number of β-amino-alcohol motifs (C(OH)–C–C–N with tert-alkyl or cyclic N) is 1. The van der Waals surface area contributed by atoms with Crippen molar-refractivity contribution in [2.24, 2.45) is 5.41 Å². The summed E-state index contributed by atoms with van der Waals surface area (Å²) in [6.45, 7) is 7.99. The first-order chi connectivity index (χ1) is 39.1. The van der Waals surface area contributed by atoms with Gasteiger partial charge in [-0.3, -0.25) is 33.6 Å². The molecule has 7 amide bonds. The number of thiazole rings is 1. The molecule has 5 atom stereocenters. The molecule has 3 aromatic carbocycles. The van der Waals surface area contributed by atoms with E-state index in [1.807, 2.05) is 49.4 Å². The second-order valence-electron chi connectivity index (χ2n) is 23.2. The zero-order chi connectivity index (χ0) is 58.9. The van der Waals surface area contributed by atoms with Gasteiger partial charge in [-0.1, -0.05) is 101 Å². The summed E-state index contributed by atoms with van der Waals surface area (Å²) in [6, 6.07) is 15.7. The van der Waals surface area contributed by atoms with Gasteiger partial charge in [0.05, 0.1) is 46.3 Å². The maximum atomic E-state index is 14.8. The predicted molar refractivity (Wildman–Crippen MR) is 307 cm³/mol. The number of carbonyl (C=O) groups is 7. The highest BCUT2D eigenvalue weighted by Crippen LogP contribution is 2.41. The molecule has 2 aromatic heterocycles. The highest BCUT2D eigenvalue weighted by atomic mass is 32.1. The van der Waals surface area contributed by atoms with Crippen LogP contribution < -0.4 is 26.6 Å². The van der Waals surface area contributed by atoms with Crippen LogP contribution in [0.2, 0.25) is 0 Å². The highest BCUT2D eigenvalue weighted by Gasteiger charge is 2.53. The third kappa shape index (κ3) is 15.1. The summed E-state index contributed by atoms with van der Waals surface area (Å²) in [6.07, 6.45) is 7.98. The summed E-state index contributed by atoms with van der Waals surface area (Å²) in [4.78, 5) is 101. The molecule has 1 saturated carbocycles. The number of aromatic nitrogens is 2. The van der Waals surface area contributed by atoms with Crippen LogP contribution in [0.4, 0.5) is 4.39 Å². The number of amides is 7. The molecule has 3 heterocycles. The fourth-order valence-corrected chi connectivity index (χ4v) is 11.3. The van der Waals surface area contributed by atoms with Crippen LogP contribution in [0.5, 0.6) is 5.75 Å². The minimum absolute atomic E-state index is 0.0481. The molecule has 2 fully saturated rings. The number of unbranched alkanes of at least 4 members (excludes halogenated alkanes) is 7. The molecule has 0 radical (unpaired) electrons. The Morgan fingerprint density at radius 2 is 1.52 bits per heavy atom. The number of likely N-dealkylation sites (tertiary alicyclic amines) is 1. The van der Waals surface area contributed by atoms with E-state index in [9.17, 15) is 48.2 Å². The third-order valence-electron chi connectivity index (χ3n) is 15.5. The van der Waals surface area contributed by atoms with E-state index in [-0.39, 0.29) is 78.8 Å². The Kier molecular flexibility index (Phi) is 19.6. The van der Waals surface area contributed by atoms with Crippen molar-refractivity contribution in [2.45, 2.75) is 154 Å². The first-order valence-electron chi connectivity index (χ1n) is 28.4. The summed E-state index contributed by atoms with van der Waals surface area (Å²) >= 11 is 1.51. The first-order valence-corrected chi connectivity index (χ1v) is 29.3. The number of phenolic OH excluding ortho intramolecular Hbond substituents is 1. The summed E-state index contributed by atoms with van der Waals surface area (Å²) < 4.78 is 20.2. The van der Waals surface area contributed by atoms with E-state index in [0.717, 1.165) is 85.0 Å². The van der Waals surface area contributed by atoms with Crippen LogP contribution in [0, 0.1) is 12.3 Å². The van der Waals surface area contributed by atoms with Gasteiger partial charge in [0.1, 0.15) is 17.8 Å². The van der Waals surface area contributed by atoms with Crippen molar-refractivity contribution in [3.05, 3.63) is 111 Å². The Morgan fingerprint density at radius 3 is 2.16 bits per heavy atom. The molecule has 438 valence electrons. The van der Waals surface area contributed by atoms with Gasteiger partial charge in [-0.15, -0.1) is 11.3 Å². The maximum absolute atomic E-state index is 14.8. The zero-order valence-electron chi connectivity index (χ0n) is 47.6. The van der Waals surface area contributed by atoms with Crippen LogP contribution in [0.25, 0.3) is 21.8 Å². The molecule has 0 bridgehead atoms. The van der Waals surface area contributed by atoms with Gasteiger partial charge in [0.25, 0.3) is 23.6 Å². The van der Waals surface area contributed by atoms with Crippen molar-refractivity contribution in [3.8, 4) is 27.5 Å². The number of hydrogen-bond acceptors (Lipinski definition) is 13. The molecule has 1 saturated heterocycles. The number of hydrogen-bond donors (Lipinski definition) is 7. The second kappa shape index (κ2) is 26.6. The van der Waals surface area contributed by atoms with E-state index in [4.69, 9.17) is 4.52 Å². The molecule has 8 rings (SSSR count). The summed E-state index contributed by atoms with van der Waals surface area (Å²) in [7, 11) is 3.18. The largest absolute Gasteiger partial charge is 0.507 e. The summed E-state index contributed by atoms with van der Waals surface area (Å²) in [5, 5.41) is 39.8. The topological polar surface area (TPSA) is 266 Å². The summed E-state index contributed by atoms with van der Waals surface area (Å²) in [5.74, 6) is -3.21. The number of fused-ring (bicyclic) bond motifs is 1. The van der Waals surface area contributed by atoms with E-state index in [2.05, 4.69) is 36.7 Å². The molecule has 82 heavy (non-hydrogen) atoms. The molecular formula is C61H76FN9O10S. The van der Waals surface area contributed by atoms with Crippen LogP contribution in [0.1, 0.15) is 170 Å². The first kappa shape index (κ1) is 60.6. The van der Waals surface area contributed by atoms with Crippen molar-refractivity contribution < 1.29 is 52.7 Å². The lowest BCUT2D eigenvalue weighted by atomic mass is 9.85. The zero-order valence-corrected chi connectivity index (χ0v) is 48.4. The third-order valence-corrected chi connectivity index (χ3v) is 16.5. The number of aromatic hydroxyl groups is 1. The molecule has 5 aromatic rings. The average Bonchev–Trinajstić information content (AvgIpc) is 4.09. The van der Waals surface area contributed by atoms with Gasteiger partial charge in [-0.05, 0) is 97.4 Å². The number of halogens is 1. The van der Waals surface area contributed by atoms with Crippen LogP contribution in [-0.4, -0.2) is 129 Å². The monoisotopic (exact) mass is 1150 g/mol. The Balaban J connectivity index is 0.740. The maximum Gasteiger partial charge on any atom is 0.273 e. The fraction of sp³-hybridized carbons (Fsp3) is 0.492. The molecule has 7 N–H and O–H groups in total. The molecule has 1 aliphatic heterocycles. The number of aliphatic hydroxyl groups is 1. The second-order valence-corrected chi connectivity index (χ2v) is 24.1.